The molecule has 0 saturated carbocycles. The summed E-state index contributed by atoms with van der Waals surface area (Å²) in [5.74, 6) is 2.93. The average Bonchev–Trinajstić information content (AvgIpc) is 1.63. The van der Waals surface area contributed by atoms with Crippen LogP contribution in [0.3, 0.4) is 0 Å². The normalized spacial score (nSPS) is 12.3. The van der Waals surface area contributed by atoms with Crippen molar-refractivity contribution in [3.63, 3.8) is 0 Å². The van der Waals surface area contributed by atoms with Gasteiger partial charge in [0.1, 0.15) is 34.5 Å². The number of rotatable bonds is 20. The summed E-state index contributed by atoms with van der Waals surface area (Å²) in [6.45, 7) is 9.41. The predicted octanol–water partition coefficient (Wildman–Crippen LogP) is 19.8. The van der Waals surface area contributed by atoms with Crippen LogP contribution < -0.4 is 18.9 Å². The number of aliphatic carboxylic acids is 3. The second-order valence-corrected chi connectivity index (χ2v) is 26.2. The summed E-state index contributed by atoms with van der Waals surface area (Å²) in [6, 6.07) is 58.4. The second kappa shape index (κ2) is 30.5. The number of fused-ring (bicyclic) bond motifs is 3. The van der Waals surface area contributed by atoms with Crippen molar-refractivity contribution < 1.29 is 64.0 Å². The number of hydrogen-bond donors (Lipinski definition) is 6. The number of nitrogens with zero attached hydrogens (tertiary/aromatic N) is 2. The first-order valence-corrected chi connectivity index (χ1v) is 33.4. The Hall–Kier alpha value is -10.8. The van der Waals surface area contributed by atoms with Crippen LogP contribution in [0.25, 0.3) is 73.7 Å². The Morgan fingerprint density at radius 2 is 0.969 bits per heavy atom. The summed E-state index contributed by atoms with van der Waals surface area (Å²) in [5.41, 5.74) is 8.99. The quantitative estimate of drug-likeness (QED) is 0.0390. The number of carboxylic acid groups (broad SMARTS) is 3. The molecule has 1 aliphatic rings. The Kier molecular flexibility index (Phi) is 21.2. The number of phenolic OH excluding ortho intramolecular Hbond substituents is 3. The maximum atomic E-state index is 10.8. The van der Waals surface area contributed by atoms with Crippen molar-refractivity contribution >= 4 is 94.3 Å². The van der Waals surface area contributed by atoms with E-state index in [9.17, 15) is 29.7 Å². The number of hydrogen-bond acceptors (Lipinski definition) is 15. The maximum Gasteiger partial charge on any atom is 0.328 e. The summed E-state index contributed by atoms with van der Waals surface area (Å²) in [7, 11) is 1.58. The van der Waals surface area contributed by atoms with Crippen molar-refractivity contribution in [3.05, 3.63) is 234 Å². The summed E-state index contributed by atoms with van der Waals surface area (Å²) in [4.78, 5) is 42.2. The molecule has 0 amide bonds. The van der Waals surface area contributed by atoms with Crippen LogP contribution in [0.2, 0.25) is 0 Å². The van der Waals surface area contributed by atoms with Gasteiger partial charge in [-0.15, -0.1) is 34.0 Å². The molecule has 15 nitrogen and oxygen atoms in total. The molecule has 0 unspecified atom stereocenters. The van der Waals surface area contributed by atoms with Crippen LogP contribution in [-0.2, 0) is 27.3 Å². The summed E-state index contributed by atoms with van der Waals surface area (Å²) < 4.78 is 27.1. The lowest BCUT2D eigenvalue weighted by Gasteiger charge is -2.18. The number of benzene rings is 8. The number of aromatic hydroxyl groups is 3. The van der Waals surface area contributed by atoms with Gasteiger partial charge in [0.25, 0.3) is 0 Å². The molecule has 0 radical (unpaired) electrons. The molecule has 0 atom stereocenters. The highest BCUT2D eigenvalue weighted by atomic mass is 32.1. The van der Waals surface area contributed by atoms with E-state index in [1.54, 1.807) is 103 Å². The molecule has 486 valence electrons. The van der Waals surface area contributed by atoms with E-state index in [1.807, 2.05) is 91.9 Å². The van der Waals surface area contributed by atoms with E-state index in [0.29, 0.717) is 41.2 Å². The molecule has 12 aromatic rings. The average molecular weight is 1340 g/mol. The molecule has 4 aromatic heterocycles. The number of pyridine rings is 1. The fraction of sp³-hybridized carbons (Fsp3) is 0.154. The van der Waals surface area contributed by atoms with Crippen molar-refractivity contribution in [2.24, 2.45) is 0 Å². The van der Waals surface area contributed by atoms with Gasteiger partial charge in [-0.1, -0.05) is 98.8 Å². The van der Waals surface area contributed by atoms with Gasteiger partial charge in [0.15, 0.2) is 17.2 Å². The monoisotopic (exact) mass is 1340 g/mol. The van der Waals surface area contributed by atoms with E-state index < -0.39 is 17.9 Å². The molecule has 1 saturated heterocycles. The van der Waals surface area contributed by atoms with E-state index in [0.717, 1.165) is 127 Å². The highest BCUT2D eigenvalue weighted by molar-refractivity contribution is 7.23. The minimum absolute atomic E-state index is 0.106. The zero-order chi connectivity index (χ0) is 67.4. The Morgan fingerprint density at radius 3 is 1.42 bits per heavy atom. The van der Waals surface area contributed by atoms with Crippen LogP contribution in [0, 0.1) is 6.92 Å². The Morgan fingerprint density at radius 1 is 0.531 bits per heavy atom. The first-order valence-electron chi connectivity index (χ1n) is 31.0. The molecule has 8 aromatic carbocycles. The molecule has 0 bridgehead atoms. The van der Waals surface area contributed by atoms with E-state index >= 15 is 0 Å². The van der Waals surface area contributed by atoms with Gasteiger partial charge in [0.2, 0.25) is 5.88 Å². The number of methoxy groups -OCH3 is 1. The molecule has 5 heterocycles. The van der Waals surface area contributed by atoms with Crippen molar-refractivity contribution in [3.8, 4) is 88.9 Å². The Labute approximate surface area is 566 Å². The number of carboxylic acids is 3. The molecular formula is C78H68N2O13S3. The largest absolute Gasteiger partial charge is 0.508 e. The van der Waals surface area contributed by atoms with Crippen molar-refractivity contribution in [1.29, 1.82) is 0 Å². The number of carbonyl (C=O) groups is 3. The Bertz CT molecular complexity index is 4830. The van der Waals surface area contributed by atoms with Gasteiger partial charge in [-0.25, -0.2) is 14.6 Å². The fourth-order valence-electron chi connectivity index (χ4n) is 11.1. The van der Waals surface area contributed by atoms with Gasteiger partial charge >= 0.3 is 17.9 Å². The highest BCUT2D eigenvalue weighted by Crippen LogP contribution is 2.52. The highest BCUT2D eigenvalue weighted by Gasteiger charge is 2.24. The van der Waals surface area contributed by atoms with E-state index in [2.05, 4.69) is 60.1 Å². The number of aryl methyl sites for hydroxylation is 2. The van der Waals surface area contributed by atoms with Gasteiger partial charge in [-0.05, 0) is 193 Å². The van der Waals surface area contributed by atoms with E-state index in [-0.39, 0.29) is 23.7 Å². The standard InChI is InChI=1S/C28H25NO4S.C26H24O4S.C24H19NO5S/c30-21-10-13-24-25(17-21)34-28(23-6-2-1-5-20(23)18-29-15-3-4-16-29)27(24)33-22-11-7-19(8-12-22)9-14-26(31)32;1-16(2)20-5-3-4-6-21(20)26-25(22-13-10-18(27)15-23(22)31-26)30-19-11-7-17(8-12-19)9-14-24(28)29;1-14-18(10-11-21(25-14)29-2)24-23(19-9-6-16(26)13-20(19)31-24)30-17-7-3-15(4-8-17)5-12-22(27)28/h1-2,5-14,17,30H,3-4,15-16,18H2,(H,31,32);3-8,10-13,15-16,27H,9,14H2,1-2H3,(H,28,29);3-13,26H,1-2H3,(H,27,28)/b14-9+;;12-5+. The maximum absolute atomic E-state index is 10.8. The number of thiophene rings is 3. The molecular weight excluding hydrogens is 1270 g/mol. The zero-order valence-corrected chi connectivity index (χ0v) is 55.3. The van der Waals surface area contributed by atoms with Gasteiger partial charge in [-0.3, -0.25) is 9.69 Å². The fourth-order valence-corrected chi connectivity index (χ4v) is 14.8. The van der Waals surface area contributed by atoms with Crippen molar-refractivity contribution in [2.75, 3.05) is 20.2 Å². The van der Waals surface area contributed by atoms with Gasteiger partial charge in [-0.2, -0.15) is 0 Å². The van der Waals surface area contributed by atoms with Crippen LogP contribution >= 0.6 is 34.0 Å². The van der Waals surface area contributed by atoms with Crippen LogP contribution in [0.5, 0.6) is 57.6 Å². The van der Waals surface area contributed by atoms with Crippen LogP contribution in [0.1, 0.15) is 72.5 Å². The van der Waals surface area contributed by atoms with Gasteiger partial charge in [0.05, 0.1) is 27.4 Å². The summed E-state index contributed by atoms with van der Waals surface area (Å²) in [5, 5.41) is 59.2. The summed E-state index contributed by atoms with van der Waals surface area (Å²) in [6.07, 6.45) is 8.36. The number of aromatic nitrogens is 1. The molecule has 1 fully saturated rings. The third-order valence-electron chi connectivity index (χ3n) is 15.9. The number of phenols is 3. The molecule has 0 spiro atoms. The van der Waals surface area contributed by atoms with Gasteiger partial charge in [0, 0.05) is 67.0 Å². The molecule has 6 N–H and O–H groups in total. The third-order valence-corrected chi connectivity index (χ3v) is 19.4. The lowest BCUT2D eigenvalue weighted by Crippen LogP contribution is -2.18. The molecule has 18 heteroatoms. The van der Waals surface area contributed by atoms with E-state index in [4.69, 9.17) is 34.3 Å². The van der Waals surface area contributed by atoms with Crippen LogP contribution in [0.15, 0.2) is 200 Å². The Balaban J connectivity index is 0.000000147. The molecule has 0 aliphatic carbocycles. The van der Waals surface area contributed by atoms with Crippen molar-refractivity contribution in [1.82, 2.24) is 9.88 Å². The van der Waals surface area contributed by atoms with Crippen LogP contribution in [0.4, 0.5) is 0 Å². The van der Waals surface area contributed by atoms with Crippen LogP contribution in [-0.4, -0.2) is 78.6 Å². The minimum Gasteiger partial charge on any atom is -0.508 e. The zero-order valence-electron chi connectivity index (χ0n) is 52.9. The molecule has 1 aliphatic heterocycles. The first kappa shape index (κ1) is 66.7. The molecule has 96 heavy (non-hydrogen) atoms. The minimum atomic E-state index is -0.999. The van der Waals surface area contributed by atoms with Crippen molar-refractivity contribution in [2.45, 2.75) is 58.9 Å². The lowest BCUT2D eigenvalue weighted by molar-refractivity contribution is -0.137. The van der Waals surface area contributed by atoms with Gasteiger partial charge < -0.3 is 49.6 Å². The first-order chi connectivity index (χ1) is 46.4. The number of likely N-dealkylation sites (tertiary alicyclic amines) is 1. The number of ether oxygens (including phenoxy) is 4. The predicted molar refractivity (Wildman–Crippen MR) is 383 cm³/mol. The smallest absolute Gasteiger partial charge is 0.328 e. The lowest BCUT2D eigenvalue weighted by atomic mass is 9.96. The third kappa shape index (κ3) is 16.4. The topological polar surface area (TPSA) is 226 Å². The summed E-state index contributed by atoms with van der Waals surface area (Å²) >= 11 is 4.73. The SMILES string of the molecule is CC(C)c1ccccc1-c1sc2cc(O)ccc2c1Oc1ccc(CCC(=O)O)cc1.COc1ccc(-c2sc3cc(O)ccc3c2Oc2ccc(/C=C/C(=O)O)cc2)c(C)n1.O=C(O)/C=C/c1ccc(Oc2c(-c3ccccc3CN3CCCC3)sc3cc(O)ccc23)cc1. The molecule has 13 rings (SSSR count). The second-order valence-electron chi connectivity index (χ2n) is 23.0. The van der Waals surface area contributed by atoms with E-state index in [1.165, 1.54) is 41.4 Å².